The van der Waals surface area contributed by atoms with E-state index in [0.29, 0.717) is 19.4 Å². The molecule has 0 saturated carbocycles. The molecule has 8 heteroatoms. The Morgan fingerprint density at radius 3 is 2.17 bits per heavy atom. The zero-order valence-electron chi connectivity index (χ0n) is 27.6. The minimum absolute atomic E-state index is 0.123. The highest BCUT2D eigenvalue weighted by molar-refractivity contribution is 5.94. The number of rotatable bonds is 11. The summed E-state index contributed by atoms with van der Waals surface area (Å²) in [6.07, 6.45) is 6.22. The maximum absolute atomic E-state index is 14.9. The van der Waals surface area contributed by atoms with Gasteiger partial charge in [-0.2, -0.15) is 0 Å². The molecule has 1 unspecified atom stereocenters. The molecule has 3 aliphatic rings. The quantitative estimate of drug-likeness (QED) is 0.279. The molecule has 0 spiro atoms. The van der Waals surface area contributed by atoms with Crippen molar-refractivity contribution in [1.29, 1.82) is 0 Å². The number of benzene rings is 3. The van der Waals surface area contributed by atoms with Crippen molar-refractivity contribution < 1.29 is 19.1 Å². The van der Waals surface area contributed by atoms with Gasteiger partial charge in [-0.3, -0.25) is 14.4 Å². The fourth-order valence-electron chi connectivity index (χ4n) is 7.85. The Kier molecular flexibility index (Phi) is 10.4. The van der Waals surface area contributed by atoms with E-state index in [2.05, 4.69) is 58.4 Å². The summed E-state index contributed by atoms with van der Waals surface area (Å²) < 4.78 is 6.44. The summed E-state index contributed by atoms with van der Waals surface area (Å²) >= 11 is 0. The van der Waals surface area contributed by atoms with Crippen LogP contribution in [0.5, 0.6) is 0 Å². The molecular weight excluding hydrogens is 588 g/mol. The Labute approximate surface area is 278 Å². The van der Waals surface area contributed by atoms with E-state index in [4.69, 9.17) is 4.74 Å². The Balaban J connectivity index is 1.38. The number of fused-ring (bicyclic) bond motifs is 2. The molecule has 8 nitrogen and oxygen atoms in total. The standard InChI is InChI=1S/C39H48N4O4/c1-27(40-2)36(44)42-33-22-25-47-34-26-39(23-20-28-12-5-3-6-13-28,24-21-29-14-7-4-8-15-29)35(43(34)38(33)46)37(45)41-32-19-11-17-30-16-9-10-18-31(30)32/h3-10,12-16,18,27,32-35,40H,11,17,19-26H2,1-2H3,(H,41,45)(H,42,44)/t27-,32+,33-,34-,35?/m0/s1. The van der Waals surface area contributed by atoms with E-state index in [-0.39, 0.29) is 23.8 Å². The molecule has 1 aliphatic carbocycles. The number of likely N-dealkylation sites (N-methyl/N-ethyl adjacent to an activating group) is 1. The molecule has 6 rings (SSSR count). The summed E-state index contributed by atoms with van der Waals surface area (Å²) in [4.78, 5) is 44.1. The van der Waals surface area contributed by atoms with Gasteiger partial charge in [-0.1, -0.05) is 84.9 Å². The smallest absolute Gasteiger partial charge is 0.247 e. The number of carbonyl (C=O) groups excluding carboxylic acids is 3. The average molecular weight is 637 g/mol. The van der Waals surface area contributed by atoms with Crippen molar-refractivity contribution in [2.45, 2.75) is 95.1 Å². The van der Waals surface area contributed by atoms with E-state index >= 15 is 0 Å². The van der Waals surface area contributed by atoms with Gasteiger partial charge in [0.1, 0.15) is 18.3 Å². The molecule has 0 bridgehead atoms. The lowest BCUT2D eigenvalue weighted by molar-refractivity contribution is -0.150. The number of carbonyl (C=O) groups is 3. The van der Waals surface area contributed by atoms with Crippen LogP contribution in [0.25, 0.3) is 0 Å². The predicted octanol–water partition coefficient (Wildman–Crippen LogP) is 4.87. The Morgan fingerprint density at radius 1 is 0.872 bits per heavy atom. The van der Waals surface area contributed by atoms with Crippen LogP contribution in [0.15, 0.2) is 84.9 Å². The summed E-state index contributed by atoms with van der Waals surface area (Å²) in [5.41, 5.74) is 4.28. The van der Waals surface area contributed by atoms with Gasteiger partial charge in [0.05, 0.1) is 18.7 Å². The summed E-state index contributed by atoms with van der Waals surface area (Å²) in [5, 5.41) is 9.36. The van der Waals surface area contributed by atoms with Crippen LogP contribution in [0.1, 0.15) is 73.7 Å². The van der Waals surface area contributed by atoms with Crippen molar-refractivity contribution in [3.8, 4) is 0 Å². The Hall–Kier alpha value is -4.01. The van der Waals surface area contributed by atoms with Gasteiger partial charge in [0, 0.05) is 18.3 Å². The molecule has 0 radical (unpaired) electrons. The highest BCUT2D eigenvalue weighted by Gasteiger charge is 2.58. The van der Waals surface area contributed by atoms with Crippen molar-refractivity contribution >= 4 is 17.7 Å². The molecular formula is C39H48N4O4. The van der Waals surface area contributed by atoms with E-state index in [1.807, 2.05) is 42.5 Å². The van der Waals surface area contributed by atoms with Crippen LogP contribution in [0.4, 0.5) is 0 Å². The summed E-state index contributed by atoms with van der Waals surface area (Å²) in [6.45, 7) is 2.09. The van der Waals surface area contributed by atoms with E-state index in [1.165, 1.54) is 16.7 Å². The van der Waals surface area contributed by atoms with Crippen molar-refractivity contribution in [2.75, 3.05) is 13.7 Å². The summed E-state index contributed by atoms with van der Waals surface area (Å²) in [6, 6.07) is 27.0. The van der Waals surface area contributed by atoms with Crippen LogP contribution >= 0.6 is 0 Å². The molecule has 2 heterocycles. The Morgan fingerprint density at radius 2 is 1.51 bits per heavy atom. The summed E-state index contributed by atoms with van der Waals surface area (Å²) in [7, 11) is 1.72. The van der Waals surface area contributed by atoms with E-state index in [0.717, 1.165) is 50.5 Å². The van der Waals surface area contributed by atoms with Crippen molar-refractivity contribution in [2.24, 2.45) is 5.41 Å². The van der Waals surface area contributed by atoms with Gasteiger partial charge in [-0.25, -0.2) is 0 Å². The molecule has 0 aromatic heterocycles. The minimum atomic E-state index is -0.770. The van der Waals surface area contributed by atoms with Crippen LogP contribution in [-0.2, 0) is 38.4 Å². The van der Waals surface area contributed by atoms with Gasteiger partial charge in [-0.05, 0) is 81.2 Å². The van der Waals surface area contributed by atoms with Gasteiger partial charge in [0.2, 0.25) is 17.7 Å². The normalized spacial score (nSPS) is 24.0. The number of hydrogen-bond donors (Lipinski definition) is 3. The minimum Gasteiger partial charge on any atom is -0.358 e. The van der Waals surface area contributed by atoms with Crippen molar-refractivity contribution in [1.82, 2.24) is 20.9 Å². The predicted molar refractivity (Wildman–Crippen MR) is 182 cm³/mol. The lowest BCUT2D eigenvalue weighted by atomic mass is 9.70. The molecule has 2 aliphatic heterocycles. The average Bonchev–Trinajstić information content (AvgIpc) is 3.36. The van der Waals surface area contributed by atoms with E-state index in [1.54, 1.807) is 18.9 Å². The van der Waals surface area contributed by atoms with Crippen LogP contribution in [-0.4, -0.2) is 60.6 Å². The van der Waals surface area contributed by atoms with Gasteiger partial charge in [0.15, 0.2) is 0 Å². The molecule has 2 fully saturated rings. The molecule has 3 aromatic carbocycles. The van der Waals surface area contributed by atoms with Gasteiger partial charge < -0.3 is 25.6 Å². The summed E-state index contributed by atoms with van der Waals surface area (Å²) in [5.74, 6) is -0.625. The van der Waals surface area contributed by atoms with Gasteiger partial charge in [0.25, 0.3) is 0 Å². The fourth-order valence-corrected chi connectivity index (χ4v) is 7.85. The fraction of sp³-hybridized carbons (Fsp3) is 0.462. The maximum Gasteiger partial charge on any atom is 0.247 e. The largest absolute Gasteiger partial charge is 0.358 e. The number of nitrogens with one attached hydrogen (secondary N) is 3. The van der Waals surface area contributed by atoms with Crippen LogP contribution in [0, 0.1) is 5.41 Å². The number of hydrogen-bond acceptors (Lipinski definition) is 5. The maximum atomic E-state index is 14.9. The zero-order valence-corrected chi connectivity index (χ0v) is 27.6. The molecule has 2 saturated heterocycles. The third kappa shape index (κ3) is 7.29. The third-order valence-electron chi connectivity index (χ3n) is 10.6. The first-order valence-corrected chi connectivity index (χ1v) is 17.3. The second kappa shape index (κ2) is 14.8. The molecule has 47 heavy (non-hydrogen) atoms. The van der Waals surface area contributed by atoms with E-state index < -0.39 is 29.8 Å². The molecule has 248 valence electrons. The topological polar surface area (TPSA) is 99.8 Å². The lowest BCUT2D eigenvalue weighted by Gasteiger charge is -2.39. The van der Waals surface area contributed by atoms with E-state index in [9.17, 15) is 14.4 Å². The van der Waals surface area contributed by atoms with Crippen molar-refractivity contribution in [3.05, 3.63) is 107 Å². The van der Waals surface area contributed by atoms with Crippen LogP contribution < -0.4 is 16.0 Å². The highest BCUT2D eigenvalue weighted by atomic mass is 16.5. The van der Waals surface area contributed by atoms with Crippen LogP contribution in [0.3, 0.4) is 0 Å². The second-order valence-corrected chi connectivity index (χ2v) is 13.5. The first-order chi connectivity index (χ1) is 22.9. The lowest BCUT2D eigenvalue weighted by Crippen LogP contribution is -2.59. The number of ether oxygens (including phenoxy) is 1. The second-order valence-electron chi connectivity index (χ2n) is 13.5. The number of aryl methyl sites for hydroxylation is 3. The first kappa shape index (κ1) is 32.9. The highest BCUT2D eigenvalue weighted by Crippen LogP contribution is 2.49. The number of nitrogens with zero attached hydrogens (tertiary/aromatic N) is 1. The first-order valence-electron chi connectivity index (χ1n) is 17.3. The third-order valence-corrected chi connectivity index (χ3v) is 10.6. The molecule has 3 amide bonds. The zero-order chi connectivity index (χ0) is 32.8. The molecule has 3 N–H and O–H groups in total. The molecule has 5 atom stereocenters. The Bertz CT molecular complexity index is 1490. The molecule has 3 aromatic rings. The van der Waals surface area contributed by atoms with Gasteiger partial charge in [-0.15, -0.1) is 0 Å². The van der Waals surface area contributed by atoms with Crippen LogP contribution in [0.2, 0.25) is 0 Å². The monoisotopic (exact) mass is 636 g/mol. The SMILES string of the molecule is CN[C@@H](C)C(=O)N[C@H]1CCO[C@H]2CC(CCc3ccccc3)(CCc3ccccc3)C(C(=O)N[C@@H]3CCCc4ccccc43)N2C1=O. The van der Waals surface area contributed by atoms with Gasteiger partial charge >= 0.3 is 0 Å². The number of amides is 3. The van der Waals surface area contributed by atoms with Crippen molar-refractivity contribution in [3.63, 3.8) is 0 Å².